The van der Waals surface area contributed by atoms with Crippen molar-refractivity contribution in [1.82, 2.24) is 0 Å². The van der Waals surface area contributed by atoms with E-state index in [0.717, 1.165) is 0 Å². The molecule has 9 nitrogen and oxygen atoms in total. The lowest BCUT2D eigenvalue weighted by atomic mass is 9.93. The lowest BCUT2D eigenvalue weighted by molar-refractivity contribution is -0.152. The molecular weight excluding hydrogens is 465 g/mol. The predicted octanol–water partition coefficient (Wildman–Crippen LogP) is 3.16. The summed E-state index contributed by atoms with van der Waals surface area (Å²) in [6, 6.07) is 3.40. The van der Waals surface area contributed by atoms with Crippen molar-refractivity contribution in [2.75, 3.05) is 25.8 Å². The first-order valence-electron chi connectivity index (χ1n) is 11.8. The molecule has 4 atom stereocenters. The number of benzene rings is 1. The zero-order valence-electron chi connectivity index (χ0n) is 21.6. The zero-order chi connectivity index (χ0) is 26.5. The van der Waals surface area contributed by atoms with Gasteiger partial charge in [-0.15, -0.1) is 0 Å². The van der Waals surface area contributed by atoms with Crippen molar-refractivity contribution < 1.29 is 38.1 Å². The number of carbonyl (C=O) groups is 3. The monoisotopic (exact) mass is 498 g/mol. The van der Waals surface area contributed by atoms with Crippen LogP contribution in [-0.4, -0.2) is 70.4 Å². The van der Waals surface area contributed by atoms with Crippen LogP contribution in [0.3, 0.4) is 0 Å². The fraction of sp³-hybridized carbons (Fsp3) is 0.500. The number of ether oxygens (including phenoxy) is 5. The highest BCUT2D eigenvalue weighted by Crippen LogP contribution is 2.34. The number of methoxy groups -OCH3 is 1. The number of anilines is 1. The molecule has 2 heterocycles. The predicted molar refractivity (Wildman–Crippen MR) is 136 cm³/mol. The molecule has 2 aliphatic heterocycles. The average Bonchev–Trinajstić information content (AvgIpc) is 3.14. The molecule has 193 valence electrons. The van der Waals surface area contributed by atoms with Crippen LogP contribution < -0.4 is 9.55 Å². The smallest absolute Gasteiger partial charge is 0.342 e. The molecule has 1 radical (unpaired) electrons. The molecule has 1 aromatic rings. The Labute approximate surface area is 212 Å². The first-order chi connectivity index (χ1) is 17.1. The maximum atomic E-state index is 13.4. The molecule has 3 rings (SSSR count). The largest absolute Gasteiger partial charge is 0.467 e. The van der Waals surface area contributed by atoms with Crippen LogP contribution in [0.2, 0.25) is 0 Å². The van der Waals surface area contributed by atoms with E-state index < -0.39 is 30.1 Å². The van der Waals surface area contributed by atoms with Crippen LogP contribution in [0.1, 0.15) is 50.0 Å². The van der Waals surface area contributed by atoms with Gasteiger partial charge in [0.1, 0.15) is 29.7 Å². The van der Waals surface area contributed by atoms with Gasteiger partial charge in [-0.25, -0.2) is 4.79 Å². The molecule has 10 heteroatoms. The minimum Gasteiger partial charge on any atom is -0.467 e. The van der Waals surface area contributed by atoms with E-state index in [-0.39, 0.29) is 29.8 Å². The van der Waals surface area contributed by atoms with Gasteiger partial charge in [-0.3, -0.25) is 4.79 Å². The van der Waals surface area contributed by atoms with Gasteiger partial charge >= 0.3 is 13.4 Å². The van der Waals surface area contributed by atoms with E-state index in [2.05, 4.69) is 0 Å². The Kier molecular flexibility index (Phi) is 9.11. The van der Waals surface area contributed by atoms with Crippen molar-refractivity contribution in [3.8, 4) is 5.75 Å². The topological polar surface area (TPSA) is 101 Å². The summed E-state index contributed by atoms with van der Waals surface area (Å²) in [6.45, 7) is 7.07. The van der Waals surface area contributed by atoms with Gasteiger partial charge in [0.2, 0.25) is 0 Å². The van der Waals surface area contributed by atoms with Gasteiger partial charge in [-0.05, 0) is 51.9 Å². The fourth-order valence-corrected chi connectivity index (χ4v) is 4.00. The van der Waals surface area contributed by atoms with E-state index in [1.165, 1.54) is 20.6 Å². The number of rotatable bonds is 6. The van der Waals surface area contributed by atoms with E-state index >= 15 is 0 Å². The molecule has 2 aliphatic rings. The molecule has 0 bridgehead atoms. The lowest BCUT2D eigenvalue weighted by Crippen LogP contribution is -2.30. The van der Waals surface area contributed by atoms with Crippen molar-refractivity contribution in [1.29, 1.82) is 0 Å². The zero-order valence-corrected chi connectivity index (χ0v) is 21.6. The summed E-state index contributed by atoms with van der Waals surface area (Å²) < 4.78 is 28.5. The molecular formula is C26H33BNO8. The third-order valence-corrected chi connectivity index (χ3v) is 6.07. The molecule has 0 spiro atoms. The van der Waals surface area contributed by atoms with Gasteiger partial charge in [-0.2, -0.15) is 0 Å². The van der Waals surface area contributed by atoms with Crippen molar-refractivity contribution in [3.63, 3.8) is 0 Å². The Hall–Kier alpha value is -2.95. The lowest BCUT2D eigenvalue weighted by Gasteiger charge is -2.23. The molecule has 1 saturated heterocycles. The maximum Gasteiger partial charge on any atom is 0.342 e. The number of ketones is 1. The Morgan fingerprint density at radius 3 is 2.64 bits per heavy atom. The van der Waals surface area contributed by atoms with E-state index in [0.29, 0.717) is 23.9 Å². The normalized spacial score (nSPS) is 27.6. The minimum absolute atomic E-state index is 0.0885. The molecule has 0 aromatic heterocycles. The van der Waals surface area contributed by atoms with Crippen molar-refractivity contribution in [2.24, 2.45) is 5.92 Å². The third-order valence-electron chi connectivity index (χ3n) is 6.07. The highest BCUT2D eigenvalue weighted by atomic mass is 16.8. The van der Waals surface area contributed by atoms with Crippen molar-refractivity contribution >= 4 is 37.1 Å². The minimum atomic E-state index is -0.905. The van der Waals surface area contributed by atoms with Gasteiger partial charge in [0, 0.05) is 24.8 Å². The third kappa shape index (κ3) is 6.63. The number of nitrogens with zero attached hydrogens (tertiary/aromatic N) is 1. The fourth-order valence-electron chi connectivity index (χ4n) is 4.00. The Balaban J connectivity index is 2.11. The van der Waals surface area contributed by atoms with Gasteiger partial charge in [0.25, 0.3) is 0 Å². The van der Waals surface area contributed by atoms with Crippen LogP contribution in [0.25, 0.3) is 6.08 Å². The molecule has 36 heavy (non-hydrogen) atoms. The number of fused-ring (bicyclic) bond motifs is 2. The summed E-state index contributed by atoms with van der Waals surface area (Å²) in [5, 5.41) is 0. The standard InChI is InChI=1S/C26H33BNO8/c1-16-10-11-20(30)24-21(35-26(3,4)36-24)9-7-8-18-12-19(28(5)27-14-29)13-22(33-15-32-6)23(18)25(31)34-17(16)2/h7-8,10-14,16-17,21,24H,9,15H2,1-6H3/b8-7+,11-10-. The first kappa shape index (κ1) is 27.6. The molecule has 0 amide bonds. The van der Waals surface area contributed by atoms with Crippen LogP contribution in [0.5, 0.6) is 5.75 Å². The summed E-state index contributed by atoms with van der Waals surface area (Å²) in [7, 11) is 4.54. The first-order valence-corrected chi connectivity index (χ1v) is 11.8. The number of hydrogen-bond donors (Lipinski definition) is 0. The Morgan fingerprint density at radius 1 is 1.19 bits per heavy atom. The van der Waals surface area contributed by atoms with E-state index in [1.54, 1.807) is 56.9 Å². The summed E-state index contributed by atoms with van der Waals surface area (Å²) in [5.74, 6) is -1.68. The Bertz CT molecular complexity index is 1040. The number of esters is 1. The van der Waals surface area contributed by atoms with Crippen LogP contribution >= 0.6 is 0 Å². The van der Waals surface area contributed by atoms with Crippen LogP contribution in [0.15, 0.2) is 30.4 Å². The van der Waals surface area contributed by atoms with Crippen LogP contribution in [0, 0.1) is 5.92 Å². The second-order valence-corrected chi connectivity index (χ2v) is 9.32. The van der Waals surface area contributed by atoms with Crippen LogP contribution in [-0.2, 0) is 28.5 Å². The van der Waals surface area contributed by atoms with Gasteiger partial charge in [-0.1, -0.05) is 25.2 Å². The highest BCUT2D eigenvalue weighted by molar-refractivity contribution is 6.70. The van der Waals surface area contributed by atoms with Crippen molar-refractivity contribution in [2.45, 2.75) is 58.2 Å². The molecule has 1 aromatic carbocycles. The number of cyclic esters (lactones) is 1. The molecule has 0 aliphatic carbocycles. The highest BCUT2D eigenvalue weighted by Gasteiger charge is 2.43. The SMILES string of the molecule is COCOc1cc(N(C)[B]C=O)cc2c1C(=O)OC(C)C(C)/C=C\C(=O)C1OC(C)(C)OC1C/C=C/2. The molecule has 0 N–H and O–H groups in total. The number of hydrogen-bond acceptors (Lipinski definition) is 9. The van der Waals surface area contributed by atoms with E-state index in [1.807, 2.05) is 13.0 Å². The molecule has 4 unspecified atom stereocenters. The second-order valence-electron chi connectivity index (χ2n) is 9.32. The van der Waals surface area contributed by atoms with Gasteiger partial charge in [0.15, 0.2) is 18.4 Å². The number of carbonyl (C=O) groups excluding carboxylic acids is 3. The molecule has 0 saturated carbocycles. The van der Waals surface area contributed by atoms with Gasteiger partial charge < -0.3 is 33.3 Å². The Morgan fingerprint density at radius 2 is 1.94 bits per heavy atom. The molecule has 1 fully saturated rings. The van der Waals surface area contributed by atoms with Gasteiger partial charge in [0.05, 0.1) is 6.10 Å². The quantitative estimate of drug-likeness (QED) is 0.253. The second kappa shape index (κ2) is 11.9. The summed E-state index contributed by atoms with van der Waals surface area (Å²) in [6.07, 6.45) is 5.99. The maximum absolute atomic E-state index is 13.4. The summed E-state index contributed by atoms with van der Waals surface area (Å²) in [5.41, 5.74) is 1.36. The van der Waals surface area contributed by atoms with Crippen molar-refractivity contribution in [3.05, 3.63) is 41.5 Å². The summed E-state index contributed by atoms with van der Waals surface area (Å²) >= 11 is 0. The van der Waals surface area contributed by atoms with Crippen LogP contribution in [0.4, 0.5) is 5.69 Å². The van der Waals surface area contributed by atoms with E-state index in [4.69, 9.17) is 23.7 Å². The average molecular weight is 498 g/mol. The summed E-state index contributed by atoms with van der Waals surface area (Å²) in [4.78, 5) is 38.9. The van der Waals surface area contributed by atoms with E-state index in [9.17, 15) is 14.4 Å².